The van der Waals surface area contributed by atoms with E-state index in [-0.39, 0.29) is 0 Å². The first kappa shape index (κ1) is 13.2. The maximum Gasteiger partial charge on any atom is 0.0427 e. The van der Waals surface area contributed by atoms with E-state index in [0.29, 0.717) is 12.0 Å². The number of hydrogen-bond acceptors (Lipinski definition) is 2. The molecule has 0 amide bonds. The van der Waals surface area contributed by atoms with Gasteiger partial charge in [-0.25, -0.2) is 0 Å². The van der Waals surface area contributed by atoms with E-state index >= 15 is 0 Å². The second kappa shape index (κ2) is 6.07. The van der Waals surface area contributed by atoms with Crippen molar-refractivity contribution < 1.29 is 0 Å². The van der Waals surface area contributed by atoms with Gasteiger partial charge >= 0.3 is 0 Å². The Morgan fingerprint density at radius 2 is 2.11 bits per heavy atom. The van der Waals surface area contributed by atoms with Gasteiger partial charge in [-0.15, -0.1) is 0 Å². The van der Waals surface area contributed by atoms with Crippen LogP contribution in [0, 0.1) is 5.92 Å². The van der Waals surface area contributed by atoms with E-state index in [1.807, 2.05) is 12.2 Å². The molecule has 0 saturated heterocycles. The van der Waals surface area contributed by atoms with Crippen LogP contribution in [0.25, 0.3) is 0 Å². The molecule has 0 heterocycles. The summed E-state index contributed by atoms with van der Waals surface area (Å²) in [6.45, 7) is 7.68. The van der Waals surface area contributed by atoms with E-state index in [0.717, 1.165) is 12.8 Å². The zero-order valence-electron chi connectivity index (χ0n) is 10.5. The maximum atomic E-state index is 4.26. The lowest BCUT2D eigenvalue weighted by molar-refractivity contribution is 0.449. The maximum absolute atomic E-state index is 4.26. The Bertz CT molecular complexity index is 476. The number of thiol groups is 1. The molecule has 1 nitrogen and oxygen atoms in total. The highest BCUT2D eigenvalue weighted by Gasteiger charge is 2.26. The summed E-state index contributed by atoms with van der Waals surface area (Å²) in [6, 6.07) is 8.88. The van der Waals surface area contributed by atoms with E-state index in [4.69, 9.17) is 0 Å². The highest BCUT2D eigenvalue weighted by Crippen LogP contribution is 2.37. The molecule has 0 bridgehead atoms. The number of allylic oxidation sites excluding steroid dienone is 4. The van der Waals surface area contributed by atoms with Crippen LogP contribution in [-0.2, 0) is 6.42 Å². The van der Waals surface area contributed by atoms with Crippen LogP contribution in [0.3, 0.4) is 0 Å². The van der Waals surface area contributed by atoms with Crippen molar-refractivity contribution in [3.05, 3.63) is 72.4 Å². The number of nitrogens with one attached hydrogen (secondary N) is 1. The second-order valence-corrected chi connectivity index (χ2v) is 4.88. The molecule has 0 saturated carbocycles. The molecule has 1 N–H and O–H groups in total. The van der Waals surface area contributed by atoms with Gasteiger partial charge in [-0.2, -0.15) is 0 Å². The zero-order chi connectivity index (χ0) is 13.0. The SMILES string of the molecule is C=C/C=C(\C=C)[C@@H]1Cc2ccccc2[C@H](NS)C1. The van der Waals surface area contributed by atoms with Crippen molar-refractivity contribution in [2.45, 2.75) is 18.9 Å². The third-order valence-electron chi connectivity index (χ3n) is 3.59. The predicted molar refractivity (Wildman–Crippen MR) is 81.6 cm³/mol. The Labute approximate surface area is 115 Å². The van der Waals surface area contributed by atoms with Crippen molar-refractivity contribution in [3.8, 4) is 0 Å². The van der Waals surface area contributed by atoms with Gasteiger partial charge in [0.2, 0.25) is 0 Å². The molecule has 0 aromatic heterocycles. The van der Waals surface area contributed by atoms with Crippen LogP contribution in [-0.4, -0.2) is 0 Å². The Kier molecular flexibility index (Phi) is 4.45. The normalized spacial score (nSPS) is 23.3. The van der Waals surface area contributed by atoms with Crippen LogP contribution < -0.4 is 4.72 Å². The van der Waals surface area contributed by atoms with Crippen LogP contribution in [0.1, 0.15) is 23.6 Å². The quantitative estimate of drug-likeness (QED) is 0.613. The monoisotopic (exact) mass is 257 g/mol. The Morgan fingerprint density at radius 3 is 2.78 bits per heavy atom. The molecule has 18 heavy (non-hydrogen) atoms. The van der Waals surface area contributed by atoms with Gasteiger partial charge in [0.25, 0.3) is 0 Å². The average molecular weight is 257 g/mol. The summed E-state index contributed by atoms with van der Waals surface area (Å²) < 4.78 is 3.12. The fraction of sp³-hybridized carbons (Fsp3) is 0.250. The van der Waals surface area contributed by atoms with E-state index in [1.54, 1.807) is 0 Å². The van der Waals surface area contributed by atoms with Gasteiger partial charge in [0, 0.05) is 6.04 Å². The van der Waals surface area contributed by atoms with Crippen molar-refractivity contribution in [2.75, 3.05) is 0 Å². The molecular formula is C16H19NS. The van der Waals surface area contributed by atoms with Crippen molar-refractivity contribution in [2.24, 2.45) is 5.92 Å². The first-order valence-corrected chi connectivity index (χ1v) is 6.67. The first-order chi connectivity index (χ1) is 8.80. The van der Waals surface area contributed by atoms with E-state index in [9.17, 15) is 0 Å². The Hall–Kier alpha value is -1.25. The molecule has 0 spiro atoms. The summed E-state index contributed by atoms with van der Waals surface area (Å²) in [4.78, 5) is 0. The number of fused-ring (bicyclic) bond motifs is 1. The number of hydrogen-bond donors (Lipinski definition) is 2. The molecular weight excluding hydrogens is 238 g/mol. The van der Waals surface area contributed by atoms with Crippen molar-refractivity contribution in [1.82, 2.24) is 4.72 Å². The van der Waals surface area contributed by atoms with Crippen LogP contribution >= 0.6 is 12.8 Å². The molecule has 0 radical (unpaired) electrons. The van der Waals surface area contributed by atoms with Gasteiger partial charge in [0.15, 0.2) is 0 Å². The lowest BCUT2D eigenvalue weighted by Gasteiger charge is -2.31. The van der Waals surface area contributed by atoms with E-state index < -0.39 is 0 Å². The van der Waals surface area contributed by atoms with Gasteiger partial charge in [-0.05, 0) is 35.5 Å². The second-order valence-electron chi connectivity index (χ2n) is 4.62. The highest BCUT2D eigenvalue weighted by atomic mass is 32.1. The van der Waals surface area contributed by atoms with Crippen LogP contribution in [0.2, 0.25) is 0 Å². The molecule has 1 aliphatic carbocycles. The molecule has 0 unspecified atom stereocenters. The fourth-order valence-corrected chi connectivity index (χ4v) is 2.95. The molecule has 1 aliphatic rings. The van der Waals surface area contributed by atoms with Gasteiger partial charge in [0.05, 0.1) is 0 Å². The molecule has 94 valence electrons. The summed E-state index contributed by atoms with van der Waals surface area (Å²) in [7, 11) is 0. The largest absolute Gasteiger partial charge is 0.259 e. The lowest BCUT2D eigenvalue weighted by atomic mass is 9.77. The topological polar surface area (TPSA) is 12.0 Å². The molecule has 2 atom stereocenters. The fourth-order valence-electron chi connectivity index (χ4n) is 2.70. The summed E-state index contributed by atoms with van der Waals surface area (Å²) in [5.41, 5.74) is 4.02. The lowest BCUT2D eigenvalue weighted by Crippen LogP contribution is -2.25. The standard InChI is InChI=1S/C16H19NS/c1-3-7-12(4-2)14-10-13-8-5-6-9-15(13)16(11-14)17-18/h3-9,14,16-18H,1-2,10-11H2/b12-7+/t14-,16-/m1/s1. The third kappa shape index (κ3) is 2.60. The summed E-state index contributed by atoms with van der Waals surface area (Å²) in [5, 5.41) is 0. The highest BCUT2D eigenvalue weighted by molar-refractivity contribution is 7.78. The zero-order valence-corrected chi connectivity index (χ0v) is 11.4. The van der Waals surface area contributed by atoms with E-state index in [1.165, 1.54) is 16.7 Å². The van der Waals surface area contributed by atoms with Crippen molar-refractivity contribution in [3.63, 3.8) is 0 Å². The molecule has 2 heteroatoms. The smallest absolute Gasteiger partial charge is 0.0427 e. The average Bonchev–Trinajstić information content (AvgIpc) is 2.43. The minimum absolute atomic E-state index is 0.302. The molecule has 0 aliphatic heterocycles. The van der Waals surface area contributed by atoms with Crippen LogP contribution in [0.4, 0.5) is 0 Å². The molecule has 1 aromatic rings. The molecule has 0 fully saturated rings. The predicted octanol–water partition coefficient (Wildman–Crippen LogP) is 4.02. The molecule has 1 aromatic carbocycles. The minimum atomic E-state index is 0.302. The minimum Gasteiger partial charge on any atom is -0.259 e. The van der Waals surface area contributed by atoms with Gasteiger partial charge in [0.1, 0.15) is 0 Å². The first-order valence-electron chi connectivity index (χ1n) is 6.22. The van der Waals surface area contributed by atoms with Gasteiger partial charge in [-0.3, -0.25) is 4.72 Å². The third-order valence-corrected chi connectivity index (χ3v) is 3.90. The van der Waals surface area contributed by atoms with Crippen LogP contribution in [0.5, 0.6) is 0 Å². The van der Waals surface area contributed by atoms with E-state index in [2.05, 4.69) is 61.0 Å². The molecule has 2 rings (SSSR count). The summed E-state index contributed by atoms with van der Waals surface area (Å²) >= 11 is 4.26. The Balaban J connectivity index is 2.33. The van der Waals surface area contributed by atoms with Crippen molar-refractivity contribution in [1.29, 1.82) is 0 Å². The Morgan fingerprint density at radius 1 is 1.33 bits per heavy atom. The number of rotatable bonds is 4. The number of benzene rings is 1. The van der Waals surface area contributed by atoms with Gasteiger partial charge in [-0.1, -0.05) is 68.5 Å². The summed E-state index contributed by atoms with van der Waals surface area (Å²) in [6.07, 6.45) is 7.94. The van der Waals surface area contributed by atoms with Crippen LogP contribution in [0.15, 0.2) is 61.2 Å². The van der Waals surface area contributed by atoms with Crippen molar-refractivity contribution >= 4 is 12.8 Å². The van der Waals surface area contributed by atoms with Gasteiger partial charge < -0.3 is 0 Å². The summed E-state index contributed by atoms with van der Waals surface area (Å²) in [5.74, 6) is 0.486.